The summed E-state index contributed by atoms with van der Waals surface area (Å²) in [6.45, 7) is 0. The van der Waals surface area contributed by atoms with E-state index in [9.17, 15) is 0 Å². The van der Waals surface area contributed by atoms with Gasteiger partial charge in [0, 0.05) is 16.3 Å². The third-order valence-corrected chi connectivity index (χ3v) is 10.8. The first-order chi connectivity index (χ1) is 16.8. The molecule has 0 radical (unpaired) electrons. The molecule has 0 aliphatic heterocycles. The van der Waals surface area contributed by atoms with Crippen molar-refractivity contribution in [1.29, 1.82) is 0 Å². The van der Waals surface area contributed by atoms with Gasteiger partial charge in [-0.25, -0.2) is 0 Å². The number of hydrogen-bond acceptors (Lipinski definition) is 2. The molecule has 5 aromatic carbocycles. The highest BCUT2D eigenvalue weighted by molar-refractivity contribution is 7.95. The second kappa shape index (κ2) is 11.0. The molecule has 0 atom stereocenters. The third kappa shape index (κ3) is 4.52. The summed E-state index contributed by atoms with van der Waals surface area (Å²) < 4.78 is 11.9. The summed E-state index contributed by atoms with van der Waals surface area (Å²) in [6.07, 6.45) is 0.829. The van der Waals surface area contributed by atoms with Crippen molar-refractivity contribution in [2.45, 2.75) is 6.16 Å². The summed E-state index contributed by atoms with van der Waals surface area (Å²) in [5, 5.41) is 6.19. The van der Waals surface area contributed by atoms with E-state index in [1.54, 1.807) is 14.2 Å². The molecule has 2 nitrogen and oxygen atoms in total. The van der Waals surface area contributed by atoms with E-state index in [0.29, 0.717) is 0 Å². The van der Waals surface area contributed by atoms with Crippen LogP contribution in [0.5, 0.6) is 11.5 Å². The van der Waals surface area contributed by atoms with Gasteiger partial charge in [-0.15, -0.1) is 0 Å². The molecule has 5 rings (SSSR count). The lowest BCUT2D eigenvalue weighted by molar-refractivity contribution is -0.00000711. The number of halogens is 1. The molecule has 0 unspecified atom stereocenters. The number of ether oxygens (including phenoxy) is 2. The predicted octanol–water partition coefficient (Wildman–Crippen LogP) is 3.36. The van der Waals surface area contributed by atoms with Crippen LogP contribution < -0.4 is 37.8 Å². The second-order valence-corrected chi connectivity index (χ2v) is 11.8. The largest absolute Gasteiger partial charge is 1.00 e. The summed E-state index contributed by atoms with van der Waals surface area (Å²) in [7, 11) is 1.45. The SMILES string of the molecule is COc1cc(C[P+](c2ccccc2)(c2ccccc2)c2ccccc2)c(OC)c2ccccc12.[Cl-]. The fourth-order valence-corrected chi connectivity index (χ4v) is 9.15. The highest BCUT2D eigenvalue weighted by Crippen LogP contribution is 2.59. The lowest BCUT2D eigenvalue weighted by Crippen LogP contribution is -3.00. The zero-order chi connectivity index (χ0) is 23.4. The molecule has 0 N–H and O–H groups in total. The van der Waals surface area contributed by atoms with Crippen LogP contribution in [0.3, 0.4) is 0 Å². The zero-order valence-corrected chi connectivity index (χ0v) is 21.5. The fraction of sp³-hybridized carbons (Fsp3) is 0.0968. The van der Waals surface area contributed by atoms with Crippen LogP contribution in [0, 0.1) is 0 Å². The van der Waals surface area contributed by atoms with E-state index in [1.807, 2.05) is 6.07 Å². The average Bonchev–Trinajstić information content (AvgIpc) is 2.92. The lowest BCUT2D eigenvalue weighted by atomic mass is 10.0. The fourth-order valence-electron chi connectivity index (χ4n) is 4.92. The van der Waals surface area contributed by atoms with Crippen LogP contribution in [-0.2, 0) is 6.16 Å². The number of benzene rings is 5. The van der Waals surface area contributed by atoms with Gasteiger partial charge >= 0.3 is 0 Å². The number of hydrogen-bond donors (Lipinski definition) is 0. The quantitative estimate of drug-likeness (QED) is 0.320. The topological polar surface area (TPSA) is 18.5 Å². The molecule has 5 aromatic rings. The molecule has 4 heteroatoms. The molecule has 0 aliphatic rings. The van der Waals surface area contributed by atoms with E-state index >= 15 is 0 Å². The first kappa shape index (κ1) is 24.8. The van der Waals surface area contributed by atoms with Crippen molar-refractivity contribution in [3.63, 3.8) is 0 Å². The summed E-state index contributed by atoms with van der Waals surface area (Å²) in [5.41, 5.74) is 1.16. The van der Waals surface area contributed by atoms with E-state index in [4.69, 9.17) is 9.47 Å². The Bertz CT molecular complexity index is 1290. The molecule has 0 heterocycles. The maximum atomic E-state index is 6.07. The van der Waals surface area contributed by atoms with Gasteiger partial charge < -0.3 is 21.9 Å². The highest BCUT2D eigenvalue weighted by Gasteiger charge is 2.46. The second-order valence-electron chi connectivity index (χ2n) is 8.29. The maximum Gasteiger partial charge on any atom is 0.133 e. The standard InChI is InChI=1S/C31H28O2P.ClH/c1-32-30-22-24(31(33-2)29-21-13-12-20-28(29)30)23-34(25-14-6-3-7-15-25,26-16-8-4-9-17-26)27-18-10-5-11-19-27;/h3-22H,23H2,1-2H3;1H/q+1;/p-1. The lowest BCUT2D eigenvalue weighted by Gasteiger charge is -2.29. The number of fused-ring (bicyclic) bond motifs is 1. The zero-order valence-electron chi connectivity index (χ0n) is 19.9. The Morgan fingerprint density at radius 1 is 0.543 bits per heavy atom. The van der Waals surface area contributed by atoms with Crippen LogP contribution in [0.15, 0.2) is 121 Å². The van der Waals surface area contributed by atoms with Crippen LogP contribution in [0.1, 0.15) is 5.56 Å². The molecule has 35 heavy (non-hydrogen) atoms. The Hall–Kier alpha value is -3.32. The Labute approximate surface area is 214 Å². The molecular formula is C31H28ClO2P. The van der Waals surface area contributed by atoms with Crippen LogP contribution in [-0.4, -0.2) is 14.2 Å². The third-order valence-electron chi connectivity index (χ3n) is 6.46. The van der Waals surface area contributed by atoms with Gasteiger partial charge in [0.2, 0.25) is 0 Å². The van der Waals surface area contributed by atoms with Gasteiger partial charge in [-0.3, -0.25) is 0 Å². The van der Waals surface area contributed by atoms with Crippen molar-refractivity contribution in [3.8, 4) is 11.5 Å². The van der Waals surface area contributed by atoms with Gasteiger partial charge in [0.25, 0.3) is 0 Å². The minimum atomic E-state index is -2.06. The number of rotatable bonds is 7. The summed E-state index contributed by atoms with van der Waals surface area (Å²) in [4.78, 5) is 0. The smallest absolute Gasteiger partial charge is 0.133 e. The average molecular weight is 499 g/mol. The summed E-state index contributed by atoms with van der Waals surface area (Å²) >= 11 is 0. The molecule has 0 spiro atoms. The predicted molar refractivity (Wildman–Crippen MR) is 146 cm³/mol. The van der Waals surface area contributed by atoms with Crippen molar-refractivity contribution in [2.24, 2.45) is 0 Å². The molecule has 176 valence electrons. The van der Waals surface area contributed by atoms with Crippen LogP contribution in [0.2, 0.25) is 0 Å². The highest BCUT2D eigenvalue weighted by atomic mass is 35.5. The minimum absolute atomic E-state index is 0. The van der Waals surface area contributed by atoms with Gasteiger partial charge in [-0.2, -0.15) is 0 Å². The summed E-state index contributed by atoms with van der Waals surface area (Å²) in [6, 6.07) is 43.3. The van der Waals surface area contributed by atoms with Gasteiger partial charge in [-0.1, -0.05) is 78.9 Å². The van der Waals surface area contributed by atoms with Crippen molar-refractivity contribution < 1.29 is 21.9 Å². The normalized spacial score (nSPS) is 11.0. The maximum absolute atomic E-state index is 6.07. The van der Waals surface area contributed by atoms with E-state index < -0.39 is 7.26 Å². The van der Waals surface area contributed by atoms with Crippen LogP contribution in [0.25, 0.3) is 10.8 Å². The van der Waals surface area contributed by atoms with E-state index in [-0.39, 0.29) is 12.4 Å². The van der Waals surface area contributed by atoms with Crippen LogP contribution in [0.4, 0.5) is 0 Å². The van der Waals surface area contributed by atoms with Crippen molar-refractivity contribution in [1.82, 2.24) is 0 Å². The van der Waals surface area contributed by atoms with Crippen molar-refractivity contribution >= 4 is 33.9 Å². The van der Waals surface area contributed by atoms with Crippen molar-refractivity contribution in [2.75, 3.05) is 14.2 Å². The summed E-state index contributed by atoms with van der Waals surface area (Å²) in [5.74, 6) is 1.79. The number of methoxy groups -OCH3 is 2. The molecule has 0 saturated heterocycles. The first-order valence-electron chi connectivity index (χ1n) is 11.5. The first-order valence-corrected chi connectivity index (χ1v) is 13.4. The molecule has 0 saturated carbocycles. The Morgan fingerprint density at radius 3 is 1.40 bits per heavy atom. The van der Waals surface area contributed by atoms with E-state index in [1.165, 1.54) is 15.9 Å². The van der Waals surface area contributed by atoms with Gasteiger partial charge in [-0.05, 0) is 42.5 Å². The minimum Gasteiger partial charge on any atom is -1.00 e. The molecule has 0 amide bonds. The van der Waals surface area contributed by atoms with E-state index in [2.05, 4.69) is 115 Å². The van der Waals surface area contributed by atoms with Gasteiger partial charge in [0.1, 0.15) is 40.8 Å². The molecule has 0 aliphatic carbocycles. The Morgan fingerprint density at radius 2 is 0.971 bits per heavy atom. The Kier molecular flexibility index (Phi) is 7.76. The molecule has 0 bridgehead atoms. The Balaban J connectivity index is 0.00000289. The van der Waals surface area contributed by atoms with Crippen molar-refractivity contribution in [3.05, 3.63) is 127 Å². The van der Waals surface area contributed by atoms with Crippen LogP contribution >= 0.6 is 7.26 Å². The van der Waals surface area contributed by atoms with Gasteiger partial charge in [0.15, 0.2) is 0 Å². The molecule has 0 fully saturated rings. The molecular weight excluding hydrogens is 471 g/mol. The van der Waals surface area contributed by atoms with Gasteiger partial charge in [0.05, 0.1) is 14.2 Å². The molecule has 0 aromatic heterocycles. The van der Waals surface area contributed by atoms with E-state index in [0.717, 1.165) is 34.0 Å². The monoisotopic (exact) mass is 498 g/mol.